The van der Waals surface area contributed by atoms with Crippen LogP contribution in [-0.4, -0.2) is 182 Å². The largest absolute Gasteiger partial charge is 0.461 e. The van der Waals surface area contributed by atoms with E-state index in [4.69, 9.17) is 52.2 Å². The van der Waals surface area contributed by atoms with Gasteiger partial charge in [0.05, 0.1) is 54.7 Å². The van der Waals surface area contributed by atoms with Crippen molar-refractivity contribution in [3.05, 3.63) is 0 Å². The summed E-state index contributed by atoms with van der Waals surface area (Å²) < 4.78 is 63.3. The summed E-state index contributed by atoms with van der Waals surface area (Å²) in [6.45, 7) is 26.9. The first kappa shape index (κ1) is 60.2. The lowest BCUT2D eigenvalue weighted by Gasteiger charge is -2.44. The minimum atomic E-state index is -2.01. The minimum Gasteiger partial charge on any atom is -0.461 e. The molecule has 0 amide bonds. The van der Waals surface area contributed by atoms with Crippen LogP contribution in [-0.2, 0) is 66.6 Å². The highest BCUT2D eigenvalue weighted by molar-refractivity contribution is 5.90. The van der Waals surface area contributed by atoms with Crippen molar-refractivity contribution in [2.45, 2.75) is 220 Å². The lowest BCUT2D eigenvalue weighted by molar-refractivity contribution is -0.305. The Bertz CT molecular complexity index is 1690. The molecule has 0 aromatic heterocycles. The number of ketones is 1. The van der Waals surface area contributed by atoms with Gasteiger partial charge >= 0.3 is 11.9 Å². The highest BCUT2D eigenvalue weighted by atomic mass is 16.7. The topological polar surface area (TPSA) is 229 Å². The first-order valence-corrected chi connectivity index (χ1v) is 25.6. The maximum Gasteiger partial charge on any atom is 0.311 e. The van der Waals surface area contributed by atoms with Crippen molar-refractivity contribution in [3.8, 4) is 0 Å². The molecule has 4 heterocycles. The molecule has 3 N–H and O–H groups in total. The highest BCUT2D eigenvalue weighted by Crippen LogP contribution is 2.39. The van der Waals surface area contributed by atoms with Gasteiger partial charge in [0.2, 0.25) is 0 Å². The highest BCUT2D eigenvalue weighted by Gasteiger charge is 2.51. The van der Waals surface area contributed by atoms with Crippen molar-refractivity contribution in [3.63, 3.8) is 0 Å². The molecule has 0 aromatic carbocycles. The van der Waals surface area contributed by atoms with Crippen LogP contribution < -0.4 is 0 Å². The second kappa shape index (κ2) is 26.7. The van der Waals surface area contributed by atoms with E-state index in [2.05, 4.69) is 23.9 Å². The van der Waals surface area contributed by atoms with Gasteiger partial charge in [0.25, 0.3) is 0 Å². The molecule has 70 heavy (non-hydrogen) atoms. The van der Waals surface area contributed by atoms with E-state index in [1.165, 1.54) is 28.3 Å². The monoisotopic (exact) mass is 1000 g/mol. The van der Waals surface area contributed by atoms with Crippen LogP contribution in [0.4, 0.5) is 0 Å². The van der Waals surface area contributed by atoms with Gasteiger partial charge in [0.1, 0.15) is 49.3 Å². The Hall–Kier alpha value is -2.40. The molecule has 4 aliphatic heterocycles. The van der Waals surface area contributed by atoms with E-state index < -0.39 is 139 Å². The van der Waals surface area contributed by atoms with E-state index in [0.717, 1.165) is 6.54 Å². The first-order chi connectivity index (χ1) is 32.8. The minimum absolute atomic E-state index is 0.0523. The molecule has 0 saturated carbocycles. The van der Waals surface area contributed by atoms with Crippen LogP contribution in [0.25, 0.3) is 0 Å². The van der Waals surface area contributed by atoms with Gasteiger partial charge in [-0.25, -0.2) is 0 Å². The van der Waals surface area contributed by atoms with E-state index in [9.17, 15) is 24.9 Å². The summed E-state index contributed by atoms with van der Waals surface area (Å²) >= 11 is 0. The third-order valence-corrected chi connectivity index (χ3v) is 14.8. The van der Waals surface area contributed by atoms with Crippen LogP contribution >= 0.6 is 0 Å². The molecule has 0 radical (unpaired) electrons. The van der Waals surface area contributed by atoms with Gasteiger partial charge in [-0.05, 0) is 66.3 Å². The first-order valence-electron chi connectivity index (χ1n) is 25.6. The number of likely N-dealkylation sites (N-methyl/N-ethyl adjacent to an activating group) is 1. The second-order valence-corrected chi connectivity index (χ2v) is 21.5. The lowest BCUT2D eigenvalue weighted by Crippen LogP contribution is -2.59. The average molecular weight is 1000 g/mol. The fourth-order valence-electron chi connectivity index (χ4n) is 11.0. The molecule has 0 aliphatic carbocycles. The van der Waals surface area contributed by atoms with E-state index in [1.54, 1.807) is 27.7 Å². The van der Waals surface area contributed by atoms with Crippen LogP contribution in [0.15, 0.2) is 5.16 Å². The van der Waals surface area contributed by atoms with E-state index in [0.29, 0.717) is 18.7 Å². The van der Waals surface area contributed by atoms with Gasteiger partial charge in [-0.3, -0.25) is 19.3 Å². The van der Waals surface area contributed by atoms with E-state index in [-0.39, 0.29) is 43.9 Å². The number of nitrogens with zero attached hydrogens (tertiary/aromatic N) is 2. The van der Waals surface area contributed by atoms with Gasteiger partial charge in [-0.2, -0.15) is 0 Å². The Labute approximate surface area is 417 Å². The van der Waals surface area contributed by atoms with Gasteiger partial charge in [-0.15, -0.1) is 0 Å². The summed E-state index contributed by atoms with van der Waals surface area (Å²) in [5.74, 6) is -6.83. The van der Waals surface area contributed by atoms with Crippen LogP contribution in [0.2, 0.25) is 0 Å². The number of rotatable bonds is 15. The fourth-order valence-corrected chi connectivity index (χ4v) is 11.0. The molecule has 4 fully saturated rings. The average Bonchev–Trinajstić information content (AvgIpc) is 3.43. The Balaban J connectivity index is 1.88. The third kappa shape index (κ3) is 15.1. The summed E-state index contributed by atoms with van der Waals surface area (Å²) in [6.07, 6.45) is -11.8. The molecular weight excluding hydrogens is 913 g/mol. The van der Waals surface area contributed by atoms with Crippen LogP contribution in [0.5, 0.6) is 0 Å². The molecule has 406 valence electrons. The Morgan fingerprint density at radius 3 is 2.09 bits per heavy atom. The van der Waals surface area contributed by atoms with Gasteiger partial charge in [0.15, 0.2) is 24.7 Å². The van der Waals surface area contributed by atoms with E-state index >= 15 is 4.79 Å². The SMILES string of the molecule is CCN1C[C@H](C)O[C@@H](O[C@H]2[C@H](C)[C@@H](O[C@@H]3O[C@H](C)CC(=NOC)[C@H]3O)[C@@H](C)C[C@](C)(O)C(=O)[C@H](C)[C@H](OC(=O)CC(C)C)[C@@H](C)[C@@H]([C@@H](C)CO[C@@H]3O[C@H](C)[C@@H](O)[C@@H](OC)[C@H]3OC)OC(=O)[C@@H]2C)CC1C. The predicted octanol–water partition coefficient (Wildman–Crippen LogP) is 4.66. The molecule has 19 heteroatoms. The molecular formula is C51H90N2O17. The third-order valence-electron chi connectivity index (χ3n) is 14.8. The zero-order chi connectivity index (χ0) is 52.5. The number of ether oxygens (including phenoxy) is 10. The van der Waals surface area contributed by atoms with Crippen molar-refractivity contribution in [1.82, 2.24) is 4.90 Å². The zero-order valence-electron chi connectivity index (χ0n) is 45.1. The van der Waals surface area contributed by atoms with Crippen molar-refractivity contribution in [2.24, 2.45) is 46.6 Å². The smallest absolute Gasteiger partial charge is 0.311 e. The number of methoxy groups -OCH3 is 2. The summed E-state index contributed by atoms with van der Waals surface area (Å²) in [5.41, 5.74) is -1.69. The van der Waals surface area contributed by atoms with Gasteiger partial charge in [0, 0.05) is 63.8 Å². The van der Waals surface area contributed by atoms with Crippen LogP contribution in [0.1, 0.15) is 123 Å². The Kier molecular flexibility index (Phi) is 22.9. The standard InChI is InChI=1S/C51H90N2O17/c1-18-53-23-30(8)64-38(20-28(53)6)68-44-31(9)41(70-49-40(56)36(52-62-17)21-29(7)65-49)26(4)22-51(14,59)47(57)33(11)43(67-37(54)19-25(2)3)32(10)42(69-48(58)34(44)12)27(5)24-63-50-46(61-16)45(60-15)39(55)35(13)66-50/h25-35,38-46,49-50,55-56,59H,18-24H2,1-17H3/t26-,27-,28?,29+,30-,31+,32-,33+,34+,35+,38-,39+,40+,41-,42+,43+,44-,45+,46+,49-,50+,51-/m0/s1. The number of hydrogen-bond donors (Lipinski definition) is 3. The number of esters is 2. The normalized spacial score (nSPS) is 43.2. The Morgan fingerprint density at radius 2 is 1.49 bits per heavy atom. The molecule has 19 nitrogen and oxygen atoms in total. The zero-order valence-corrected chi connectivity index (χ0v) is 45.1. The Morgan fingerprint density at radius 1 is 0.829 bits per heavy atom. The summed E-state index contributed by atoms with van der Waals surface area (Å²) in [4.78, 5) is 51.1. The van der Waals surface area contributed by atoms with Crippen molar-refractivity contribution in [1.29, 1.82) is 0 Å². The van der Waals surface area contributed by atoms with Crippen molar-refractivity contribution >= 4 is 23.4 Å². The van der Waals surface area contributed by atoms with Crippen LogP contribution in [0, 0.1) is 41.4 Å². The van der Waals surface area contributed by atoms with Crippen LogP contribution in [0.3, 0.4) is 0 Å². The molecule has 4 rings (SSSR count). The van der Waals surface area contributed by atoms with E-state index in [1.807, 2.05) is 48.5 Å². The van der Waals surface area contributed by atoms with Crippen molar-refractivity contribution in [2.75, 3.05) is 41.0 Å². The number of hydrogen-bond acceptors (Lipinski definition) is 19. The molecule has 0 aromatic rings. The summed E-state index contributed by atoms with van der Waals surface area (Å²) in [5, 5.41) is 38.9. The number of carbonyl (C=O) groups is 3. The number of aliphatic hydroxyl groups excluding tert-OH is 2. The summed E-state index contributed by atoms with van der Waals surface area (Å²) in [6, 6.07) is 0.0635. The molecule has 0 bridgehead atoms. The number of Topliss-reactive ketones (excluding diaryl/α,β-unsaturated/α-hetero) is 1. The maximum atomic E-state index is 15.2. The summed E-state index contributed by atoms with van der Waals surface area (Å²) in [7, 11) is 4.31. The number of aliphatic hydroxyl groups is 3. The van der Waals surface area contributed by atoms with Gasteiger partial charge in [-0.1, -0.05) is 60.5 Å². The number of oxime groups is 1. The quantitative estimate of drug-likeness (QED) is 0.150. The number of cyclic esters (lactones) is 1. The molecule has 4 aliphatic rings. The fraction of sp³-hybridized carbons (Fsp3) is 0.922. The second-order valence-electron chi connectivity index (χ2n) is 21.5. The number of carbonyl (C=O) groups excluding carboxylic acids is 3. The molecule has 1 unspecified atom stereocenters. The predicted molar refractivity (Wildman–Crippen MR) is 257 cm³/mol. The maximum absolute atomic E-state index is 15.2. The van der Waals surface area contributed by atoms with Gasteiger partial charge < -0.3 is 67.5 Å². The molecule has 4 saturated heterocycles. The molecule has 22 atom stereocenters. The van der Waals surface area contributed by atoms with Crippen molar-refractivity contribution < 1.29 is 81.9 Å². The lowest BCUT2D eigenvalue weighted by atomic mass is 9.74. The molecule has 0 spiro atoms.